The van der Waals surface area contributed by atoms with Crippen molar-refractivity contribution in [3.8, 4) is 0 Å². The third kappa shape index (κ3) is 4.51. The lowest BCUT2D eigenvalue weighted by atomic mass is 9.96. The molecule has 10 heteroatoms. The van der Waals surface area contributed by atoms with E-state index in [0.29, 0.717) is 48.8 Å². The van der Waals surface area contributed by atoms with E-state index in [0.717, 1.165) is 27.1 Å². The number of para-hydroxylation sites is 2. The Kier molecular flexibility index (Phi) is 5.90. The summed E-state index contributed by atoms with van der Waals surface area (Å²) < 4.78 is 2.28. The van der Waals surface area contributed by atoms with Gasteiger partial charge in [0.1, 0.15) is 12.4 Å². The van der Waals surface area contributed by atoms with Gasteiger partial charge >= 0.3 is 4.87 Å². The number of likely N-dealkylation sites (tertiary alicyclic amines) is 1. The number of H-pyrrole nitrogens is 1. The van der Waals surface area contributed by atoms with Crippen molar-refractivity contribution >= 4 is 56.0 Å². The van der Waals surface area contributed by atoms with Crippen molar-refractivity contribution in [3.63, 3.8) is 0 Å². The summed E-state index contributed by atoms with van der Waals surface area (Å²) in [5.74, 6) is 0.405. The van der Waals surface area contributed by atoms with Crippen LogP contribution in [0.1, 0.15) is 18.7 Å². The Morgan fingerprint density at radius 2 is 1.97 bits per heavy atom. The van der Waals surface area contributed by atoms with Gasteiger partial charge < -0.3 is 15.2 Å². The molecule has 1 fully saturated rings. The highest BCUT2D eigenvalue weighted by atomic mass is 35.5. The number of benzene rings is 2. The first-order valence-electron chi connectivity index (χ1n) is 10.8. The number of thiazole rings is 1. The smallest absolute Gasteiger partial charge is 0.308 e. The Labute approximate surface area is 198 Å². The van der Waals surface area contributed by atoms with Crippen molar-refractivity contribution in [1.82, 2.24) is 24.8 Å². The molecule has 0 radical (unpaired) electrons. The molecule has 2 amide bonds. The largest absolute Gasteiger partial charge is 0.349 e. The van der Waals surface area contributed by atoms with E-state index in [4.69, 9.17) is 11.6 Å². The highest BCUT2D eigenvalue weighted by Gasteiger charge is 2.28. The van der Waals surface area contributed by atoms with Crippen LogP contribution in [0.4, 0.5) is 0 Å². The van der Waals surface area contributed by atoms with Crippen LogP contribution in [0.15, 0.2) is 47.3 Å². The van der Waals surface area contributed by atoms with Crippen molar-refractivity contribution in [2.45, 2.75) is 25.9 Å². The van der Waals surface area contributed by atoms with Gasteiger partial charge in [0.15, 0.2) is 0 Å². The maximum Gasteiger partial charge on any atom is 0.308 e. The minimum absolute atomic E-state index is 0.0257. The number of aromatic nitrogens is 3. The molecule has 3 heterocycles. The van der Waals surface area contributed by atoms with Crippen molar-refractivity contribution in [2.24, 2.45) is 5.92 Å². The Bertz CT molecular complexity index is 1370. The number of carbonyl (C=O) groups excluding carboxylic acids is 2. The molecule has 4 aromatic rings. The van der Waals surface area contributed by atoms with Crippen molar-refractivity contribution in [2.75, 3.05) is 13.1 Å². The number of imidazole rings is 1. The van der Waals surface area contributed by atoms with Crippen molar-refractivity contribution < 1.29 is 9.59 Å². The van der Waals surface area contributed by atoms with Gasteiger partial charge in [0.05, 0.1) is 27.8 Å². The van der Waals surface area contributed by atoms with Crippen LogP contribution in [0.25, 0.3) is 21.3 Å². The maximum absolute atomic E-state index is 12.8. The third-order valence-electron chi connectivity index (χ3n) is 6.01. The normalized spacial score (nSPS) is 14.8. The summed E-state index contributed by atoms with van der Waals surface area (Å²) in [6.45, 7) is 1.28. The zero-order valence-corrected chi connectivity index (χ0v) is 19.3. The van der Waals surface area contributed by atoms with Crippen LogP contribution >= 0.6 is 22.9 Å². The van der Waals surface area contributed by atoms with Crippen LogP contribution in [0, 0.1) is 5.92 Å². The van der Waals surface area contributed by atoms with E-state index in [1.165, 1.54) is 4.57 Å². The second-order valence-electron chi connectivity index (χ2n) is 8.14. The quantitative estimate of drug-likeness (QED) is 0.455. The average Bonchev–Trinajstić information content (AvgIpc) is 3.38. The first-order chi connectivity index (χ1) is 16.0. The first-order valence-corrected chi connectivity index (χ1v) is 12.0. The summed E-state index contributed by atoms with van der Waals surface area (Å²) >= 11 is 7.17. The molecule has 1 aliphatic heterocycles. The van der Waals surface area contributed by atoms with Gasteiger partial charge in [0.25, 0.3) is 0 Å². The minimum atomic E-state index is -0.180. The second-order valence-corrected chi connectivity index (χ2v) is 9.57. The van der Waals surface area contributed by atoms with Crippen LogP contribution in [-0.4, -0.2) is 44.3 Å². The lowest BCUT2D eigenvalue weighted by molar-refractivity contribution is -0.136. The van der Waals surface area contributed by atoms with Crippen LogP contribution in [0.2, 0.25) is 5.02 Å². The molecule has 0 bridgehead atoms. The molecule has 0 spiro atoms. The van der Waals surface area contributed by atoms with Gasteiger partial charge in [-0.3, -0.25) is 19.0 Å². The van der Waals surface area contributed by atoms with Gasteiger partial charge in [-0.25, -0.2) is 4.98 Å². The fraction of sp³-hybridized carbons (Fsp3) is 0.304. The summed E-state index contributed by atoms with van der Waals surface area (Å²) in [5, 5.41) is 3.47. The number of fused-ring (bicyclic) bond motifs is 2. The molecule has 33 heavy (non-hydrogen) atoms. The number of halogens is 1. The predicted molar refractivity (Wildman–Crippen MR) is 128 cm³/mol. The lowest BCUT2D eigenvalue weighted by Crippen LogP contribution is -2.44. The second kappa shape index (κ2) is 8.99. The van der Waals surface area contributed by atoms with Gasteiger partial charge in [-0.15, -0.1) is 0 Å². The lowest BCUT2D eigenvalue weighted by Gasteiger charge is -2.31. The molecule has 2 aromatic heterocycles. The zero-order valence-electron chi connectivity index (χ0n) is 17.7. The molecule has 0 atom stereocenters. The molecule has 2 N–H and O–H groups in total. The van der Waals surface area contributed by atoms with E-state index in [1.54, 1.807) is 23.1 Å². The van der Waals surface area contributed by atoms with E-state index >= 15 is 0 Å². The Balaban J connectivity index is 1.15. The predicted octanol–water partition coefficient (Wildman–Crippen LogP) is 3.15. The number of aromatic amines is 1. The van der Waals surface area contributed by atoms with Crippen molar-refractivity contribution in [1.29, 1.82) is 0 Å². The highest BCUT2D eigenvalue weighted by Crippen LogP contribution is 2.23. The molecular formula is C23H22ClN5O3S. The minimum Gasteiger partial charge on any atom is -0.349 e. The molecule has 0 aliphatic carbocycles. The highest BCUT2D eigenvalue weighted by molar-refractivity contribution is 7.16. The number of carbonyl (C=O) groups is 2. The summed E-state index contributed by atoms with van der Waals surface area (Å²) in [6.07, 6.45) is 1.17. The molecule has 1 saturated heterocycles. The molecule has 0 saturated carbocycles. The van der Waals surface area contributed by atoms with E-state index in [9.17, 15) is 14.4 Å². The Morgan fingerprint density at radius 1 is 1.18 bits per heavy atom. The molecule has 8 nitrogen and oxygen atoms in total. The van der Waals surface area contributed by atoms with Crippen LogP contribution in [0.3, 0.4) is 0 Å². The fourth-order valence-corrected chi connectivity index (χ4v) is 5.25. The van der Waals surface area contributed by atoms with E-state index in [1.807, 2.05) is 24.3 Å². The molecule has 170 valence electrons. The van der Waals surface area contributed by atoms with Gasteiger partial charge in [-0.05, 0) is 43.2 Å². The van der Waals surface area contributed by atoms with Crippen LogP contribution < -0.4 is 10.2 Å². The number of hydrogen-bond acceptors (Lipinski definition) is 5. The molecular weight excluding hydrogens is 462 g/mol. The Morgan fingerprint density at radius 3 is 2.76 bits per heavy atom. The summed E-state index contributed by atoms with van der Waals surface area (Å²) in [7, 11) is 0. The molecule has 0 unspecified atom stereocenters. The third-order valence-corrected chi connectivity index (χ3v) is 7.20. The number of amides is 2. The van der Waals surface area contributed by atoms with Gasteiger partial charge in [-0.1, -0.05) is 35.1 Å². The monoisotopic (exact) mass is 483 g/mol. The summed E-state index contributed by atoms with van der Waals surface area (Å²) in [6, 6.07) is 13.0. The van der Waals surface area contributed by atoms with E-state index < -0.39 is 0 Å². The number of nitrogens with one attached hydrogen (secondary N) is 2. The summed E-state index contributed by atoms with van der Waals surface area (Å²) in [4.78, 5) is 47.1. The number of hydrogen-bond donors (Lipinski definition) is 2. The molecule has 5 rings (SSSR count). The summed E-state index contributed by atoms with van der Waals surface area (Å²) in [5.41, 5.74) is 2.48. The standard InChI is InChI=1S/C23H22ClN5O3S/c24-15-5-6-19-18(11-15)29(23(32)33-19)13-21(30)28-9-7-14(8-10-28)22(31)25-12-20-26-16-3-1-2-4-17(16)27-20/h1-6,11,14H,7-10,12-13H2,(H,25,31)(H,26,27). The average molecular weight is 484 g/mol. The van der Waals surface area contributed by atoms with Gasteiger partial charge in [-0.2, -0.15) is 0 Å². The van der Waals surface area contributed by atoms with Gasteiger partial charge in [0, 0.05) is 24.0 Å². The van der Waals surface area contributed by atoms with Crippen LogP contribution in [0.5, 0.6) is 0 Å². The SMILES string of the molecule is O=C(NCc1nc2ccccc2[nH]1)C1CCN(C(=O)Cn2c(=O)sc3ccc(Cl)cc32)CC1. The maximum atomic E-state index is 12.8. The Hall–Kier alpha value is -3.17. The number of nitrogens with zero attached hydrogens (tertiary/aromatic N) is 3. The van der Waals surface area contributed by atoms with Gasteiger partial charge in [0.2, 0.25) is 11.8 Å². The number of rotatable bonds is 5. The molecule has 2 aromatic carbocycles. The van der Waals surface area contributed by atoms with E-state index in [-0.39, 0.29) is 29.1 Å². The zero-order chi connectivity index (χ0) is 22.9. The van der Waals surface area contributed by atoms with E-state index in [2.05, 4.69) is 15.3 Å². The number of piperidine rings is 1. The molecule has 1 aliphatic rings. The topological polar surface area (TPSA) is 100 Å². The van der Waals surface area contributed by atoms with Crippen molar-refractivity contribution in [3.05, 3.63) is 63.0 Å². The van der Waals surface area contributed by atoms with Crippen LogP contribution in [-0.2, 0) is 22.7 Å². The fourth-order valence-electron chi connectivity index (χ4n) is 4.22. The first kappa shape index (κ1) is 21.7.